The Balaban J connectivity index is 2.07. The highest BCUT2D eigenvalue weighted by Crippen LogP contribution is 2.41. The zero-order valence-electron chi connectivity index (χ0n) is 5.35. The van der Waals surface area contributed by atoms with Crippen LogP contribution < -0.4 is 0 Å². The number of ether oxygens (including phenoxy) is 1. The summed E-state index contributed by atoms with van der Waals surface area (Å²) in [7, 11) is 0. The second-order valence-corrected chi connectivity index (χ2v) is 3.04. The summed E-state index contributed by atoms with van der Waals surface area (Å²) >= 11 is 0. The van der Waals surface area contributed by atoms with Crippen LogP contribution in [0, 0.1) is 0 Å². The molecular formula is C7H10O2. The molecule has 2 aliphatic rings. The average Bonchev–Trinajstić information content (AvgIpc) is 2.09. The Hall–Kier alpha value is -0.370. The standard InChI is InChI=1S/C7H10O2/c8-6-4-7(9-5-6)2-1-3-7/h1-5H2. The van der Waals surface area contributed by atoms with E-state index < -0.39 is 0 Å². The van der Waals surface area contributed by atoms with E-state index in [1.54, 1.807) is 0 Å². The molecule has 2 heteroatoms. The van der Waals surface area contributed by atoms with Crippen LogP contribution in [0.25, 0.3) is 0 Å². The highest BCUT2D eigenvalue weighted by Gasteiger charge is 2.44. The lowest BCUT2D eigenvalue weighted by Gasteiger charge is -2.35. The van der Waals surface area contributed by atoms with Crippen LogP contribution in [0.15, 0.2) is 0 Å². The normalized spacial score (nSPS) is 30.9. The van der Waals surface area contributed by atoms with Crippen LogP contribution in [0.3, 0.4) is 0 Å². The molecule has 1 aliphatic heterocycles. The van der Waals surface area contributed by atoms with Crippen molar-refractivity contribution in [2.45, 2.75) is 31.3 Å². The molecule has 9 heavy (non-hydrogen) atoms. The largest absolute Gasteiger partial charge is 0.367 e. The number of rotatable bonds is 0. The highest BCUT2D eigenvalue weighted by molar-refractivity contribution is 5.82. The highest BCUT2D eigenvalue weighted by atomic mass is 16.5. The van der Waals surface area contributed by atoms with E-state index in [2.05, 4.69) is 0 Å². The van der Waals surface area contributed by atoms with Gasteiger partial charge in [0, 0.05) is 6.42 Å². The summed E-state index contributed by atoms with van der Waals surface area (Å²) in [4.78, 5) is 10.7. The molecule has 1 spiro atoms. The first kappa shape index (κ1) is 5.42. The van der Waals surface area contributed by atoms with Crippen molar-refractivity contribution >= 4 is 5.78 Å². The SMILES string of the molecule is O=C1COC2(CCC2)C1. The smallest absolute Gasteiger partial charge is 0.161 e. The first-order valence-electron chi connectivity index (χ1n) is 3.46. The number of carbonyl (C=O) groups excluding carboxylic acids is 1. The van der Waals surface area contributed by atoms with Crippen LogP contribution in [-0.4, -0.2) is 18.0 Å². The second-order valence-electron chi connectivity index (χ2n) is 3.04. The van der Waals surface area contributed by atoms with Gasteiger partial charge in [0.1, 0.15) is 6.61 Å². The van der Waals surface area contributed by atoms with Crippen molar-refractivity contribution < 1.29 is 9.53 Å². The first-order valence-corrected chi connectivity index (χ1v) is 3.46. The van der Waals surface area contributed by atoms with Crippen LogP contribution in [0.5, 0.6) is 0 Å². The number of ketones is 1. The molecule has 1 saturated heterocycles. The van der Waals surface area contributed by atoms with Gasteiger partial charge in [0.25, 0.3) is 0 Å². The monoisotopic (exact) mass is 126 g/mol. The summed E-state index contributed by atoms with van der Waals surface area (Å²) in [6.45, 7) is 0.375. The second kappa shape index (κ2) is 1.57. The van der Waals surface area contributed by atoms with E-state index >= 15 is 0 Å². The van der Waals surface area contributed by atoms with Gasteiger partial charge in [-0.15, -0.1) is 0 Å². The molecule has 1 heterocycles. The predicted octanol–water partition coefficient (Wildman–Crippen LogP) is 0.899. The molecule has 0 radical (unpaired) electrons. The molecule has 0 N–H and O–H groups in total. The van der Waals surface area contributed by atoms with Gasteiger partial charge in [-0.1, -0.05) is 0 Å². The van der Waals surface area contributed by atoms with Gasteiger partial charge in [-0.25, -0.2) is 0 Å². The third-order valence-electron chi connectivity index (χ3n) is 2.32. The maximum Gasteiger partial charge on any atom is 0.161 e. The maximum absolute atomic E-state index is 10.7. The third-order valence-corrected chi connectivity index (χ3v) is 2.32. The molecule has 0 aromatic carbocycles. The van der Waals surface area contributed by atoms with Crippen LogP contribution in [-0.2, 0) is 9.53 Å². The van der Waals surface area contributed by atoms with Crippen LogP contribution in [0.2, 0.25) is 0 Å². The predicted molar refractivity (Wildman–Crippen MR) is 32.2 cm³/mol. The van der Waals surface area contributed by atoms with E-state index in [9.17, 15) is 4.79 Å². The lowest BCUT2D eigenvalue weighted by Crippen LogP contribution is -2.35. The molecule has 1 saturated carbocycles. The zero-order chi connectivity index (χ0) is 6.32. The lowest BCUT2D eigenvalue weighted by atomic mass is 9.78. The molecule has 0 amide bonds. The Morgan fingerprint density at radius 1 is 1.44 bits per heavy atom. The van der Waals surface area contributed by atoms with Crippen molar-refractivity contribution in [2.24, 2.45) is 0 Å². The average molecular weight is 126 g/mol. The first-order chi connectivity index (χ1) is 4.31. The van der Waals surface area contributed by atoms with Gasteiger partial charge in [0.15, 0.2) is 5.78 Å². The molecule has 2 nitrogen and oxygen atoms in total. The fraction of sp³-hybridized carbons (Fsp3) is 0.857. The van der Waals surface area contributed by atoms with Gasteiger partial charge < -0.3 is 4.74 Å². The van der Waals surface area contributed by atoms with E-state index in [1.165, 1.54) is 6.42 Å². The molecule has 1 aliphatic carbocycles. The number of hydrogen-bond donors (Lipinski definition) is 0. The van der Waals surface area contributed by atoms with Crippen LogP contribution in [0.1, 0.15) is 25.7 Å². The Morgan fingerprint density at radius 2 is 2.22 bits per heavy atom. The molecular weight excluding hydrogens is 116 g/mol. The Morgan fingerprint density at radius 3 is 2.44 bits per heavy atom. The van der Waals surface area contributed by atoms with Crippen LogP contribution >= 0.6 is 0 Å². The van der Waals surface area contributed by atoms with Gasteiger partial charge in [0.2, 0.25) is 0 Å². The summed E-state index contributed by atoms with van der Waals surface area (Å²) in [5.74, 6) is 0.287. The Kier molecular flexibility index (Phi) is 0.943. The fourth-order valence-electron chi connectivity index (χ4n) is 1.59. The van der Waals surface area contributed by atoms with Gasteiger partial charge in [-0.05, 0) is 19.3 Å². The molecule has 0 unspecified atom stereocenters. The van der Waals surface area contributed by atoms with Crippen molar-refractivity contribution in [1.29, 1.82) is 0 Å². The minimum Gasteiger partial charge on any atom is -0.367 e. The molecule has 0 aromatic rings. The van der Waals surface area contributed by atoms with Crippen molar-refractivity contribution in [1.82, 2.24) is 0 Å². The summed E-state index contributed by atoms with van der Waals surface area (Å²) in [6, 6.07) is 0. The summed E-state index contributed by atoms with van der Waals surface area (Å²) in [5.41, 5.74) is 0.0388. The van der Waals surface area contributed by atoms with Gasteiger partial charge in [-0.2, -0.15) is 0 Å². The quantitative estimate of drug-likeness (QED) is 0.482. The maximum atomic E-state index is 10.7. The molecule has 0 atom stereocenters. The lowest BCUT2D eigenvalue weighted by molar-refractivity contribution is -0.118. The van der Waals surface area contributed by atoms with Crippen molar-refractivity contribution in [3.8, 4) is 0 Å². The van der Waals surface area contributed by atoms with E-state index in [-0.39, 0.29) is 11.4 Å². The van der Waals surface area contributed by atoms with E-state index in [0.717, 1.165) is 12.8 Å². The molecule has 50 valence electrons. The number of Topliss-reactive ketones (excluding diaryl/α,β-unsaturated/α-hetero) is 1. The molecule has 2 fully saturated rings. The minimum absolute atomic E-state index is 0.0388. The Labute approximate surface area is 54.2 Å². The summed E-state index contributed by atoms with van der Waals surface area (Å²) in [6.07, 6.45) is 4.15. The van der Waals surface area contributed by atoms with Crippen molar-refractivity contribution in [3.05, 3.63) is 0 Å². The third kappa shape index (κ3) is 0.697. The van der Waals surface area contributed by atoms with Crippen LogP contribution in [0.4, 0.5) is 0 Å². The van der Waals surface area contributed by atoms with E-state index in [0.29, 0.717) is 13.0 Å². The Bertz CT molecular complexity index is 147. The fourth-order valence-corrected chi connectivity index (χ4v) is 1.59. The van der Waals surface area contributed by atoms with E-state index in [1.807, 2.05) is 0 Å². The van der Waals surface area contributed by atoms with Gasteiger partial charge in [0.05, 0.1) is 5.60 Å². The van der Waals surface area contributed by atoms with Crippen molar-refractivity contribution in [3.63, 3.8) is 0 Å². The van der Waals surface area contributed by atoms with Gasteiger partial charge >= 0.3 is 0 Å². The molecule has 0 bridgehead atoms. The number of hydrogen-bond acceptors (Lipinski definition) is 2. The molecule has 2 rings (SSSR count). The van der Waals surface area contributed by atoms with Crippen molar-refractivity contribution in [2.75, 3.05) is 6.61 Å². The van der Waals surface area contributed by atoms with Gasteiger partial charge in [-0.3, -0.25) is 4.79 Å². The summed E-state index contributed by atoms with van der Waals surface area (Å²) in [5, 5.41) is 0. The molecule has 0 aromatic heterocycles. The zero-order valence-corrected chi connectivity index (χ0v) is 5.35. The minimum atomic E-state index is 0.0388. The van der Waals surface area contributed by atoms with E-state index in [4.69, 9.17) is 4.74 Å². The number of carbonyl (C=O) groups is 1. The summed E-state index contributed by atoms with van der Waals surface area (Å²) < 4.78 is 5.34. The topological polar surface area (TPSA) is 26.3 Å².